The van der Waals surface area contributed by atoms with E-state index in [9.17, 15) is 0 Å². The first kappa shape index (κ1) is 11.8. The van der Waals surface area contributed by atoms with Crippen LogP contribution >= 0.6 is 15.9 Å². The molecule has 0 radical (unpaired) electrons. The zero-order chi connectivity index (χ0) is 12.7. The zero-order valence-electron chi connectivity index (χ0n) is 10.4. The normalized spacial score (nSPS) is 15.0. The van der Waals surface area contributed by atoms with Crippen LogP contribution in [0.4, 0.5) is 5.82 Å². The summed E-state index contributed by atoms with van der Waals surface area (Å²) in [5, 5.41) is 0. The molecular formula is C14H16BrN3. The van der Waals surface area contributed by atoms with Gasteiger partial charge < -0.3 is 10.3 Å². The fourth-order valence-corrected chi connectivity index (χ4v) is 2.55. The summed E-state index contributed by atoms with van der Waals surface area (Å²) in [4.78, 5) is 4.77. The molecule has 18 heavy (non-hydrogen) atoms. The van der Waals surface area contributed by atoms with Gasteiger partial charge in [0.15, 0.2) is 0 Å². The second kappa shape index (κ2) is 4.43. The van der Waals surface area contributed by atoms with Gasteiger partial charge >= 0.3 is 0 Å². The van der Waals surface area contributed by atoms with Crippen molar-refractivity contribution in [3.63, 3.8) is 0 Å². The van der Waals surface area contributed by atoms with E-state index in [0.717, 1.165) is 33.9 Å². The molecule has 3 rings (SSSR count). The highest BCUT2D eigenvalue weighted by atomic mass is 79.9. The Bertz CT molecular complexity index is 567. The molecule has 2 N–H and O–H groups in total. The third-order valence-electron chi connectivity index (χ3n) is 3.41. The number of hydrogen-bond acceptors (Lipinski definition) is 2. The van der Waals surface area contributed by atoms with Gasteiger partial charge in [0.25, 0.3) is 0 Å². The van der Waals surface area contributed by atoms with Gasteiger partial charge in [-0.15, -0.1) is 0 Å². The first-order valence-corrected chi connectivity index (χ1v) is 7.11. The number of halogens is 1. The van der Waals surface area contributed by atoms with E-state index in [1.54, 1.807) is 0 Å². The van der Waals surface area contributed by atoms with E-state index in [1.165, 1.54) is 12.8 Å². The molecule has 1 fully saturated rings. The largest absolute Gasteiger partial charge is 0.383 e. The van der Waals surface area contributed by atoms with Gasteiger partial charge in [0.1, 0.15) is 17.3 Å². The van der Waals surface area contributed by atoms with Crippen molar-refractivity contribution in [3.8, 4) is 11.3 Å². The van der Waals surface area contributed by atoms with Crippen LogP contribution in [-0.4, -0.2) is 9.55 Å². The summed E-state index contributed by atoms with van der Waals surface area (Å²) in [6.45, 7) is 3.01. The lowest BCUT2D eigenvalue weighted by Crippen LogP contribution is -2.04. The summed E-state index contributed by atoms with van der Waals surface area (Å²) in [7, 11) is 0. The number of anilines is 1. The van der Waals surface area contributed by atoms with Gasteiger partial charge in [0.05, 0.1) is 0 Å². The number of aromatic nitrogens is 2. The van der Waals surface area contributed by atoms with E-state index in [-0.39, 0.29) is 0 Å². The number of rotatable bonds is 3. The molecule has 94 valence electrons. The predicted molar refractivity (Wildman–Crippen MR) is 77.4 cm³/mol. The fourth-order valence-electron chi connectivity index (χ4n) is 2.29. The minimum Gasteiger partial charge on any atom is -0.383 e. The van der Waals surface area contributed by atoms with Crippen LogP contribution in [-0.2, 0) is 6.54 Å². The number of nitrogens with zero attached hydrogens (tertiary/aromatic N) is 2. The maximum Gasteiger partial charge on any atom is 0.131 e. The van der Waals surface area contributed by atoms with Crippen LogP contribution < -0.4 is 5.73 Å². The fraction of sp³-hybridized carbons (Fsp3) is 0.357. The van der Waals surface area contributed by atoms with E-state index in [1.807, 2.05) is 12.1 Å². The summed E-state index contributed by atoms with van der Waals surface area (Å²) < 4.78 is 3.22. The van der Waals surface area contributed by atoms with E-state index < -0.39 is 0 Å². The Balaban J connectivity index is 2.08. The predicted octanol–water partition coefficient (Wildman–Crippen LogP) is 3.79. The summed E-state index contributed by atoms with van der Waals surface area (Å²) >= 11 is 3.45. The van der Waals surface area contributed by atoms with Crippen molar-refractivity contribution in [1.82, 2.24) is 9.55 Å². The Kier molecular flexibility index (Phi) is 2.90. The maximum atomic E-state index is 6.24. The number of benzene rings is 1. The van der Waals surface area contributed by atoms with Crippen molar-refractivity contribution in [1.29, 1.82) is 0 Å². The molecule has 3 nitrogen and oxygen atoms in total. The highest BCUT2D eigenvalue weighted by molar-refractivity contribution is 9.10. The second-order valence-corrected chi connectivity index (χ2v) is 5.64. The molecule has 2 aromatic rings. The van der Waals surface area contributed by atoms with Crippen LogP contribution in [0, 0.1) is 0 Å². The molecule has 1 aliphatic carbocycles. The second-order valence-electron chi connectivity index (χ2n) is 4.73. The standard InChI is InChI=1S/C14H16BrN3/c1-2-18-13(16)12(17-14(18)10-3-4-10)9-5-7-11(15)8-6-9/h5-8,10H,2-4,16H2,1H3. The van der Waals surface area contributed by atoms with Crippen molar-refractivity contribution in [2.24, 2.45) is 0 Å². The van der Waals surface area contributed by atoms with Crippen molar-refractivity contribution in [2.75, 3.05) is 5.73 Å². The van der Waals surface area contributed by atoms with Gasteiger partial charge in [0.2, 0.25) is 0 Å². The van der Waals surface area contributed by atoms with Gasteiger partial charge in [-0.1, -0.05) is 28.1 Å². The number of nitrogen functional groups attached to an aromatic ring is 1. The highest BCUT2D eigenvalue weighted by Crippen LogP contribution is 2.42. The maximum absolute atomic E-state index is 6.24. The Morgan fingerprint density at radius 1 is 1.33 bits per heavy atom. The van der Waals surface area contributed by atoms with Gasteiger partial charge in [-0.2, -0.15) is 0 Å². The summed E-state index contributed by atoms with van der Waals surface area (Å²) in [5.74, 6) is 2.58. The van der Waals surface area contributed by atoms with Crippen LogP contribution in [0.2, 0.25) is 0 Å². The third kappa shape index (κ3) is 1.94. The minimum atomic E-state index is 0.622. The molecule has 0 amide bonds. The van der Waals surface area contributed by atoms with Crippen LogP contribution in [0.1, 0.15) is 31.5 Å². The van der Waals surface area contributed by atoms with E-state index in [2.05, 4.69) is 39.6 Å². The SMILES string of the molecule is CCn1c(C2CC2)nc(-c2ccc(Br)cc2)c1N. The first-order chi connectivity index (χ1) is 8.70. The van der Waals surface area contributed by atoms with Gasteiger partial charge in [0, 0.05) is 22.5 Å². The van der Waals surface area contributed by atoms with Crippen LogP contribution in [0.5, 0.6) is 0 Å². The van der Waals surface area contributed by atoms with E-state index in [4.69, 9.17) is 10.7 Å². The number of hydrogen-bond donors (Lipinski definition) is 1. The number of nitrogens with two attached hydrogens (primary N) is 1. The molecule has 1 saturated carbocycles. The molecule has 0 aliphatic heterocycles. The topological polar surface area (TPSA) is 43.8 Å². The van der Waals surface area contributed by atoms with E-state index >= 15 is 0 Å². The molecule has 0 bridgehead atoms. The van der Waals surface area contributed by atoms with Crippen molar-refractivity contribution >= 4 is 21.7 Å². The average Bonchev–Trinajstić information content (AvgIpc) is 3.15. The third-order valence-corrected chi connectivity index (χ3v) is 3.94. The summed E-state index contributed by atoms with van der Waals surface area (Å²) in [6.07, 6.45) is 2.49. The van der Waals surface area contributed by atoms with Crippen LogP contribution in [0.15, 0.2) is 28.7 Å². The molecule has 4 heteroatoms. The molecule has 1 aromatic heterocycles. The first-order valence-electron chi connectivity index (χ1n) is 6.32. The quantitative estimate of drug-likeness (QED) is 0.937. The zero-order valence-corrected chi connectivity index (χ0v) is 11.9. The van der Waals surface area contributed by atoms with E-state index in [0.29, 0.717) is 5.92 Å². The van der Waals surface area contributed by atoms with Crippen molar-refractivity contribution in [3.05, 3.63) is 34.6 Å². The lowest BCUT2D eigenvalue weighted by Gasteiger charge is -2.05. The molecule has 0 spiro atoms. The molecule has 0 atom stereocenters. The monoisotopic (exact) mass is 305 g/mol. The van der Waals surface area contributed by atoms with Gasteiger partial charge in [-0.25, -0.2) is 4.98 Å². The van der Waals surface area contributed by atoms with Crippen molar-refractivity contribution < 1.29 is 0 Å². The summed E-state index contributed by atoms with van der Waals surface area (Å²) in [5.41, 5.74) is 8.25. The molecular weight excluding hydrogens is 290 g/mol. The Labute approximate surface area is 115 Å². The smallest absolute Gasteiger partial charge is 0.131 e. The molecule has 1 aromatic carbocycles. The van der Waals surface area contributed by atoms with Crippen molar-refractivity contribution in [2.45, 2.75) is 32.2 Å². The van der Waals surface area contributed by atoms with Crippen LogP contribution in [0.25, 0.3) is 11.3 Å². The Hall–Kier alpha value is -1.29. The van der Waals surface area contributed by atoms with Gasteiger partial charge in [-0.3, -0.25) is 0 Å². The lowest BCUT2D eigenvalue weighted by atomic mass is 10.1. The minimum absolute atomic E-state index is 0.622. The molecule has 1 aliphatic rings. The Morgan fingerprint density at radius 3 is 2.56 bits per heavy atom. The van der Waals surface area contributed by atoms with Crippen LogP contribution in [0.3, 0.4) is 0 Å². The van der Waals surface area contributed by atoms with Gasteiger partial charge in [-0.05, 0) is 31.9 Å². The molecule has 0 saturated heterocycles. The average molecular weight is 306 g/mol. The molecule has 0 unspecified atom stereocenters. The highest BCUT2D eigenvalue weighted by Gasteiger charge is 2.30. The number of imidazole rings is 1. The Morgan fingerprint density at radius 2 is 2.00 bits per heavy atom. The lowest BCUT2D eigenvalue weighted by molar-refractivity contribution is 0.708. The molecule has 1 heterocycles. The summed E-state index contributed by atoms with van der Waals surface area (Å²) in [6, 6.07) is 8.16.